The first-order valence-electron chi connectivity index (χ1n) is 7.84. The summed E-state index contributed by atoms with van der Waals surface area (Å²) < 4.78 is 6.86. The van der Waals surface area contributed by atoms with Crippen molar-refractivity contribution in [3.8, 4) is 5.88 Å². The van der Waals surface area contributed by atoms with E-state index in [-0.39, 0.29) is 5.56 Å². The second kappa shape index (κ2) is 6.44. The molecule has 2 aromatic heterocycles. The summed E-state index contributed by atoms with van der Waals surface area (Å²) >= 11 is 0. The summed E-state index contributed by atoms with van der Waals surface area (Å²) in [5.41, 5.74) is 1.20. The van der Waals surface area contributed by atoms with Crippen molar-refractivity contribution in [2.45, 2.75) is 26.3 Å². The minimum atomic E-state index is -0.112. The molecule has 1 aliphatic heterocycles. The van der Waals surface area contributed by atoms with Gasteiger partial charge in [-0.3, -0.25) is 9.36 Å². The number of nitrogens with zero attached hydrogens (tertiary/aromatic N) is 4. The smallest absolute Gasteiger partial charge is 0.270 e. The van der Waals surface area contributed by atoms with Crippen LogP contribution in [0.25, 0.3) is 11.2 Å². The molecular formula is C16H22N4O2. The van der Waals surface area contributed by atoms with Crippen LogP contribution in [0, 0.1) is 5.92 Å². The summed E-state index contributed by atoms with van der Waals surface area (Å²) in [6.07, 6.45) is 3.86. The molecule has 1 saturated heterocycles. The maximum atomic E-state index is 12.2. The Kier molecular flexibility index (Phi) is 4.38. The Morgan fingerprint density at radius 1 is 1.36 bits per heavy atom. The zero-order valence-corrected chi connectivity index (χ0v) is 13.2. The minimum Gasteiger partial charge on any atom is -0.481 e. The summed E-state index contributed by atoms with van der Waals surface area (Å²) in [6.45, 7) is 5.99. The van der Waals surface area contributed by atoms with E-state index < -0.39 is 0 Å². The van der Waals surface area contributed by atoms with Gasteiger partial charge in [0.2, 0.25) is 5.88 Å². The molecule has 0 spiro atoms. The van der Waals surface area contributed by atoms with Gasteiger partial charge in [-0.2, -0.15) is 4.98 Å². The van der Waals surface area contributed by atoms with Crippen LogP contribution in [0.1, 0.15) is 19.8 Å². The van der Waals surface area contributed by atoms with Crippen LogP contribution in [-0.4, -0.2) is 46.2 Å². The Bertz CT molecular complexity index is 713. The number of ether oxygens (including phenoxy) is 1. The van der Waals surface area contributed by atoms with Crippen molar-refractivity contribution in [1.82, 2.24) is 19.4 Å². The Morgan fingerprint density at radius 2 is 2.23 bits per heavy atom. The van der Waals surface area contributed by atoms with Gasteiger partial charge in [0.1, 0.15) is 5.52 Å². The van der Waals surface area contributed by atoms with Gasteiger partial charge in [0, 0.05) is 25.7 Å². The number of methoxy groups -OCH3 is 1. The van der Waals surface area contributed by atoms with Gasteiger partial charge >= 0.3 is 0 Å². The average Bonchev–Trinajstić information content (AvgIpc) is 3.01. The van der Waals surface area contributed by atoms with E-state index in [9.17, 15) is 4.79 Å². The molecule has 1 aliphatic rings. The first-order chi connectivity index (χ1) is 10.7. The van der Waals surface area contributed by atoms with E-state index in [1.807, 2.05) is 6.07 Å². The zero-order chi connectivity index (χ0) is 15.5. The summed E-state index contributed by atoms with van der Waals surface area (Å²) in [4.78, 5) is 23.1. The lowest BCUT2D eigenvalue weighted by Crippen LogP contribution is -2.30. The van der Waals surface area contributed by atoms with Gasteiger partial charge in [0.25, 0.3) is 5.56 Å². The van der Waals surface area contributed by atoms with Crippen molar-refractivity contribution in [2.75, 3.05) is 26.7 Å². The van der Waals surface area contributed by atoms with Gasteiger partial charge in [-0.05, 0) is 24.9 Å². The standard InChI is InChI=1S/C16H22N4O2/c1-3-12-6-7-19(11-12)8-9-20-15(21)10-17-13-4-5-14(22-2)18-16(13)20/h4-5,10,12H,3,6-9,11H2,1-2H3/t12-/m1/s1. The third-order valence-corrected chi connectivity index (χ3v) is 4.46. The Morgan fingerprint density at radius 3 is 2.95 bits per heavy atom. The number of aromatic nitrogens is 3. The first-order valence-corrected chi connectivity index (χ1v) is 7.84. The molecule has 0 N–H and O–H groups in total. The van der Waals surface area contributed by atoms with Crippen LogP contribution < -0.4 is 10.3 Å². The summed E-state index contributed by atoms with van der Waals surface area (Å²) in [5.74, 6) is 1.30. The lowest BCUT2D eigenvalue weighted by molar-refractivity contribution is 0.308. The molecule has 6 nitrogen and oxygen atoms in total. The molecule has 3 heterocycles. The highest BCUT2D eigenvalue weighted by Crippen LogP contribution is 2.19. The third-order valence-electron chi connectivity index (χ3n) is 4.46. The van der Waals surface area contributed by atoms with Gasteiger partial charge in [0.15, 0.2) is 5.65 Å². The predicted octanol–water partition coefficient (Wildman–Crippen LogP) is 1.53. The molecule has 1 atom stereocenters. The normalized spacial score (nSPS) is 18.9. The third kappa shape index (κ3) is 2.97. The molecule has 0 amide bonds. The van der Waals surface area contributed by atoms with E-state index >= 15 is 0 Å². The summed E-state index contributed by atoms with van der Waals surface area (Å²) in [7, 11) is 1.57. The van der Waals surface area contributed by atoms with E-state index in [0.717, 1.165) is 25.6 Å². The van der Waals surface area contributed by atoms with Crippen molar-refractivity contribution in [3.63, 3.8) is 0 Å². The molecule has 0 radical (unpaired) electrons. The average molecular weight is 302 g/mol. The highest BCUT2D eigenvalue weighted by molar-refractivity contribution is 5.70. The number of rotatable bonds is 5. The fourth-order valence-electron chi connectivity index (χ4n) is 3.04. The fraction of sp³-hybridized carbons (Fsp3) is 0.562. The first kappa shape index (κ1) is 15.0. The zero-order valence-electron chi connectivity index (χ0n) is 13.2. The lowest BCUT2D eigenvalue weighted by Gasteiger charge is -2.17. The molecule has 1 fully saturated rings. The molecule has 3 rings (SSSR count). The largest absolute Gasteiger partial charge is 0.481 e. The van der Waals surface area contributed by atoms with Gasteiger partial charge < -0.3 is 9.64 Å². The SMILES string of the molecule is CC[C@@H]1CCN(CCn2c(=O)cnc3ccc(OC)nc32)C1. The van der Waals surface area contributed by atoms with Crippen LogP contribution in [-0.2, 0) is 6.54 Å². The maximum absolute atomic E-state index is 12.2. The van der Waals surface area contributed by atoms with E-state index in [4.69, 9.17) is 4.74 Å². The maximum Gasteiger partial charge on any atom is 0.270 e. The van der Waals surface area contributed by atoms with Gasteiger partial charge in [-0.25, -0.2) is 4.98 Å². The number of likely N-dealkylation sites (tertiary alicyclic amines) is 1. The second-order valence-corrected chi connectivity index (χ2v) is 5.81. The highest BCUT2D eigenvalue weighted by atomic mass is 16.5. The van der Waals surface area contributed by atoms with Crippen molar-refractivity contribution >= 4 is 11.2 Å². The molecule has 0 unspecified atom stereocenters. The molecule has 6 heteroatoms. The Labute approximate surface area is 129 Å². The van der Waals surface area contributed by atoms with Crippen LogP contribution in [0.4, 0.5) is 0 Å². The summed E-state index contributed by atoms with van der Waals surface area (Å²) in [5, 5.41) is 0. The van der Waals surface area contributed by atoms with E-state index in [0.29, 0.717) is 23.6 Å². The second-order valence-electron chi connectivity index (χ2n) is 5.81. The van der Waals surface area contributed by atoms with Crippen LogP contribution in [0.5, 0.6) is 5.88 Å². The molecule has 2 aromatic rings. The van der Waals surface area contributed by atoms with E-state index in [2.05, 4.69) is 21.8 Å². The molecule has 0 aliphatic carbocycles. The van der Waals surface area contributed by atoms with Gasteiger partial charge in [-0.15, -0.1) is 0 Å². The number of pyridine rings is 1. The number of fused-ring (bicyclic) bond motifs is 1. The number of hydrogen-bond acceptors (Lipinski definition) is 5. The molecule has 22 heavy (non-hydrogen) atoms. The van der Waals surface area contributed by atoms with Crippen molar-refractivity contribution < 1.29 is 4.74 Å². The lowest BCUT2D eigenvalue weighted by atomic mass is 10.1. The molecular weight excluding hydrogens is 280 g/mol. The van der Waals surface area contributed by atoms with Crippen LogP contribution >= 0.6 is 0 Å². The fourth-order valence-corrected chi connectivity index (χ4v) is 3.04. The highest BCUT2D eigenvalue weighted by Gasteiger charge is 2.20. The van der Waals surface area contributed by atoms with Crippen molar-refractivity contribution in [1.29, 1.82) is 0 Å². The number of hydrogen-bond donors (Lipinski definition) is 0. The van der Waals surface area contributed by atoms with Crippen LogP contribution in [0.2, 0.25) is 0 Å². The van der Waals surface area contributed by atoms with Crippen molar-refractivity contribution in [3.05, 3.63) is 28.7 Å². The quantitative estimate of drug-likeness (QED) is 0.838. The Balaban J connectivity index is 1.83. The van der Waals surface area contributed by atoms with E-state index in [1.165, 1.54) is 19.0 Å². The predicted molar refractivity (Wildman–Crippen MR) is 85.2 cm³/mol. The molecule has 0 bridgehead atoms. The van der Waals surface area contributed by atoms with Gasteiger partial charge in [-0.1, -0.05) is 13.3 Å². The van der Waals surface area contributed by atoms with E-state index in [1.54, 1.807) is 17.7 Å². The monoisotopic (exact) mass is 302 g/mol. The molecule has 0 aromatic carbocycles. The Hall–Kier alpha value is -1.95. The van der Waals surface area contributed by atoms with Crippen molar-refractivity contribution in [2.24, 2.45) is 5.92 Å². The molecule has 0 saturated carbocycles. The molecule has 118 valence electrons. The summed E-state index contributed by atoms with van der Waals surface area (Å²) in [6, 6.07) is 3.59. The topological polar surface area (TPSA) is 60.2 Å². The van der Waals surface area contributed by atoms with Gasteiger partial charge in [0.05, 0.1) is 13.3 Å². The van der Waals surface area contributed by atoms with Crippen LogP contribution in [0.3, 0.4) is 0 Å². The van der Waals surface area contributed by atoms with Crippen LogP contribution in [0.15, 0.2) is 23.1 Å². The minimum absolute atomic E-state index is 0.112.